The lowest BCUT2D eigenvalue weighted by molar-refractivity contribution is -0.384. The third kappa shape index (κ3) is 4.59. The van der Waals surface area contributed by atoms with E-state index in [-0.39, 0.29) is 27.0 Å². The van der Waals surface area contributed by atoms with Crippen LogP contribution in [0, 0.1) is 10.1 Å². The summed E-state index contributed by atoms with van der Waals surface area (Å²) in [5.74, 6) is 0.418. The first-order valence-electron chi connectivity index (χ1n) is 7.30. The smallest absolute Gasteiger partial charge is 0.293 e. The van der Waals surface area contributed by atoms with E-state index in [2.05, 4.69) is 5.32 Å². The number of nitrogens with two attached hydrogens (primary N) is 1. The Balaban J connectivity index is 2.32. The molecule has 0 spiro atoms. The number of benzene rings is 2. The van der Waals surface area contributed by atoms with Gasteiger partial charge in [0.25, 0.3) is 11.6 Å². The number of hydrogen-bond donors (Lipinski definition) is 3. The van der Waals surface area contributed by atoms with Crippen LogP contribution in [0.15, 0.2) is 42.5 Å². The molecule has 2 aromatic rings. The molecule has 0 aliphatic carbocycles. The van der Waals surface area contributed by atoms with Gasteiger partial charge >= 0.3 is 0 Å². The van der Waals surface area contributed by atoms with Gasteiger partial charge in [-0.3, -0.25) is 29.9 Å². The van der Waals surface area contributed by atoms with Gasteiger partial charge in [0.1, 0.15) is 5.92 Å². The summed E-state index contributed by atoms with van der Waals surface area (Å²) < 4.78 is 0. The Morgan fingerprint density at radius 3 is 2.11 bits per heavy atom. The Labute approximate surface area is 162 Å². The molecule has 0 aromatic heterocycles. The number of hydrazine groups is 1. The van der Waals surface area contributed by atoms with Crippen molar-refractivity contribution < 1.29 is 19.3 Å². The number of amides is 2. The monoisotopic (exact) mass is 410 g/mol. The molecule has 0 bridgehead atoms. The molecule has 9 nitrogen and oxygen atoms in total. The molecule has 2 rings (SSSR count). The molecule has 0 radical (unpaired) electrons. The molecule has 2 amide bonds. The van der Waals surface area contributed by atoms with Crippen LogP contribution in [0.4, 0.5) is 11.4 Å². The van der Waals surface area contributed by atoms with Crippen molar-refractivity contribution in [1.29, 1.82) is 0 Å². The highest BCUT2D eigenvalue weighted by Gasteiger charge is 2.33. The van der Waals surface area contributed by atoms with Gasteiger partial charge in [-0.05, 0) is 5.56 Å². The summed E-state index contributed by atoms with van der Waals surface area (Å²) in [5, 5.41) is 12.5. The Bertz CT molecular complexity index is 897. The topological polar surface area (TPSA) is 144 Å². The largest absolute Gasteiger partial charge is 0.317 e. The number of nitrogens with one attached hydrogen (secondary N) is 2. The lowest BCUT2D eigenvalue weighted by atomic mass is 9.93. The molecule has 140 valence electrons. The summed E-state index contributed by atoms with van der Waals surface area (Å²) in [6.07, 6.45) is 0. The van der Waals surface area contributed by atoms with Crippen LogP contribution < -0.4 is 16.6 Å². The fourth-order valence-corrected chi connectivity index (χ4v) is 2.81. The summed E-state index contributed by atoms with van der Waals surface area (Å²) in [4.78, 5) is 46.9. The first-order chi connectivity index (χ1) is 12.8. The first-order valence-corrected chi connectivity index (χ1v) is 8.06. The van der Waals surface area contributed by atoms with Gasteiger partial charge in [-0.2, -0.15) is 0 Å². The van der Waals surface area contributed by atoms with Crippen LogP contribution in [0.25, 0.3) is 0 Å². The van der Waals surface area contributed by atoms with Gasteiger partial charge in [0, 0.05) is 12.1 Å². The molecule has 1 atom stereocenters. The van der Waals surface area contributed by atoms with E-state index in [1.807, 2.05) is 5.43 Å². The zero-order valence-corrected chi connectivity index (χ0v) is 15.0. The van der Waals surface area contributed by atoms with E-state index in [1.54, 1.807) is 18.2 Å². The maximum absolute atomic E-state index is 12.5. The summed E-state index contributed by atoms with van der Waals surface area (Å²) in [6, 6.07) is 9.74. The summed E-state index contributed by atoms with van der Waals surface area (Å²) in [5.41, 5.74) is 1.51. The Morgan fingerprint density at radius 1 is 1.07 bits per heavy atom. The lowest BCUT2D eigenvalue weighted by Gasteiger charge is -2.15. The van der Waals surface area contributed by atoms with E-state index in [9.17, 15) is 24.5 Å². The van der Waals surface area contributed by atoms with Gasteiger partial charge in [0.2, 0.25) is 11.7 Å². The third-order valence-electron chi connectivity index (χ3n) is 3.50. The molecule has 0 saturated heterocycles. The van der Waals surface area contributed by atoms with Crippen LogP contribution in [-0.4, -0.2) is 22.5 Å². The van der Waals surface area contributed by atoms with Gasteiger partial charge in [-0.25, -0.2) is 5.84 Å². The minimum Gasteiger partial charge on any atom is -0.317 e. The van der Waals surface area contributed by atoms with Crippen molar-refractivity contribution in [3.8, 4) is 0 Å². The third-order valence-corrected chi connectivity index (χ3v) is 4.10. The number of carbonyl (C=O) groups is 3. The van der Waals surface area contributed by atoms with Gasteiger partial charge in [-0.1, -0.05) is 53.5 Å². The molecule has 1 unspecified atom stereocenters. The molecule has 11 heteroatoms. The van der Waals surface area contributed by atoms with Crippen molar-refractivity contribution >= 4 is 52.2 Å². The highest BCUT2D eigenvalue weighted by molar-refractivity contribution is 6.48. The number of hydrogen-bond acceptors (Lipinski definition) is 6. The van der Waals surface area contributed by atoms with Gasteiger partial charge in [-0.15, -0.1) is 0 Å². The number of nitro groups is 1. The van der Waals surface area contributed by atoms with E-state index >= 15 is 0 Å². The van der Waals surface area contributed by atoms with E-state index in [0.717, 1.165) is 12.1 Å². The molecule has 0 heterocycles. The zero-order chi connectivity index (χ0) is 20.1. The number of nitro benzene ring substituents is 1. The lowest BCUT2D eigenvalue weighted by Crippen LogP contribution is -2.41. The fraction of sp³-hybridized carbons (Fsp3) is 0.0625. The van der Waals surface area contributed by atoms with E-state index in [0.29, 0.717) is 0 Å². The van der Waals surface area contributed by atoms with Crippen LogP contribution >= 0.6 is 23.2 Å². The van der Waals surface area contributed by atoms with Crippen molar-refractivity contribution in [1.82, 2.24) is 5.43 Å². The maximum atomic E-state index is 12.5. The number of rotatable bonds is 6. The summed E-state index contributed by atoms with van der Waals surface area (Å²) in [7, 11) is 0. The SMILES string of the molecule is NNC(=O)C(C(=O)C(=O)Nc1c(Cl)cc([N+](=O)[O-])cc1Cl)c1ccccc1. The minimum atomic E-state index is -1.49. The zero-order valence-electron chi connectivity index (χ0n) is 13.4. The van der Waals surface area contributed by atoms with Crippen molar-refractivity contribution in [3.05, 3.63) is 68.2 Å². The number of non-ortho nitro benzene ring substituents is 1. The quantitative estimate of drug-likeness (QED) is 0.166. The predicted octanol–water partition coefficient (Wildman–Crippen LogP) is 2.18. The maximum Gasteiger partial charge on any atom is 0.293 e. The molecular weight excluding hydrogens is 399 g/mol. The normalized spacial score (nSPS) is 11.4. The van der Waals surface area contributed by atoms with Gasteiger partial charge < -0.3 is 5.32 Å². The van der Waals surface area contributed by atoms with Crippen LogP contribution in [0.3, 0.4) is 0 Å². The van der Waals surface area contributed by atoms with Crippen molar-refractivity contribution in [2.24, 2.45) is 5.84 Å². The number of ketones is 1. The fourth-order valence-electron chi connectivity index (χ4n) is 2.24. The minimum absolute atomic E-state index is 0.192. The average molecular weight is 411 g/mol. The summed E-state index contributed by atoms with van der Waals surface area (Å²) >= 11 is 11.8. The number of anilines is 1. The van der Waals surface area contributed by atoms with Gasteiger partial charge in [0.15, 0.2) is 0 Å². The van der Waals surface area contributed by atoms with Crippen molar-refractivity contribution in [2.45, 2.75) is 5.92 Å². The van der Waals surface area contributed by atoms with Crippen LogP contribution in [0.2, 0.25) is 10.0 Å². The molecule has 2 aromatic carbocycles. The van der Waals surface area contributed by atoms with E-state index < -0.39 is 28.4 Å². The Hall–Kier alpha value is -3.01. The average Bonchev–Trinajstić information content (AvgIpc) is 2.64. The molecular formula is C16H12Cl2N4O5. The molecule has 0 saturated carbocycles. The second kappa shape index (κ2) is 8.58. The second-order valence-electron chi connectivity index (χ2n) is 5.21. The number of carbonyl (C=O) groups excluding carboxylic acids is 3. The molecule has 27 heavy (non-hydrogen) atoms. The highest BCUT2D eigenvalue weighted by Crippen LogP contribution is 2.35. The Kier molecular flexibility index (Phi) is 6.45. The predicted molar refractivity (Wildman–Crippen MR) is 98.3 cm³/mol. The van der Waals surface area contributed by atoms with E-state index in [4.69, 9.17) is 29.0 Å². The molecule has 0 aliphatic heterocycles. The van der Waals surface area contributed by atoms with E-state index in [1.165, 1.54) is 12.1 Å². The van der Waals surface area contributed by atoms with Crippen molar-refractivity contribution in [3.63, 3.8) is 0 Å². The van der Waals surface area contributed by atoms with Crippen LogP contribution in [0.1, 0.15) is 11.5 Å². The molecule has 0 aliphatic rings. The van der Waals surface area contributed by atoms with Crippen molar-refractivity contribution in [2.75, 3.05) is 5.32 Å². The summed E-state index contributed by atoms with van der Waals surface area (Å²) in [6.45, 7) is 0. The van der Waals surface area contributed by atoms with Gasteiger partial charge in [0.05, 0.1) is 20.7 Å². The van der Waals surface area contributed by atoms with Crippen LogP contribution in [0.5, 0.6) is 0 Å². The number of halogens is 2. The molecule has 4 N–H and O–H groups in total. The first kappa shape index (κ1) is 20.3. The standard InChI is InChI=1S/C16H12Cl2N4O5/c17-10-6-9(22(26)27)7-11(18)13(10)20-16(25)14(23)12(15(24)21-19)8-4-2-1-3-5-8/h1-7,12H,19H2,(H,20,25)(H,21,24). The highest BCUT2D eigenvalue weighted by atomic mass is 35.5. The Morgan fingerprint density at radius 2 is 1.63 bits per heavy atom. The number of nitrogens with zero attached hydrogens (tertiary/aromatic N) is 1. The second-order valence-corrected chi connectivity index (χ2v) is 6.03. The number of Topliss-reactive ketones (excluding diaryl/α,β-unsaturated/α-hetero) is 1. The van der Waals surface area contributed by atoms with Crippen LogP contribution in [-0.2, 0) is 14.4 Å². The molecule has 0 fully saturated rings.